The van der Waals surface area contributed by atoms with Crippen LogP contribution in [-0.4, -0.2) is 132 Å². The number of hydrogen-bond donors (Lipinski definition) is 8. The first-order valence-electron chi connectivity index (χ1n) is 24.9. The molecule has 0 unspecified atom stereocenters. The number of sulfonamides is 1. The molecule has 0 aliphatic carbocycles. The lowest BCUT2D eigenvalue weighted by molar-refractivity contribution is -0.437. The molecule has 85 heavy (non-hydrogen) atoms. The minimum atomic E-state index is -5.18. The first kappa shape index (κ1) is 64.3. The summed E-state index contributed by atoms with van der Waals surface area (Å²) >= 11 is 0. The van der Waals surface area contributed by atoms with E-state index < -0.39 is 119 Å². The van der Waals surface area contributed by atoms with Crippen LogP contribution >= 0.6 is 0 Å². The van der Waals surface area contributed by atoms with Crippen LogP contribution in [0.25, 0.3) is 27.1 Å². The predicted octanol–water partition coefficient (Wildman–Crippen LogP) is 5.21. The zero-order chi connectivity index (χ0) is 63.0. The fraction of sp³-hybridized carbons (Fsp3) is 0.250. The van der Waals surface area contributed by atoms with Crippen molar-refractivity contribution < 1.29 is 95.6 Å². The molecule has 0 spiro atoms. The molecule has 0 saturated carbocycles. The number of allylic oxidation sites excluding steroid dienone is 6. The average molecular weight is 1310 g/mol. The molecule has 1 aromatic heterocycles. The lowest BCUT2D eigenvalue weighted by Crippen LogP contribution is -2.28. The molecule has 33 heteroatoms. The van der Waals surface area contributed by atoms with Crippen molar-refractivity contribution in [3.05, 3.63) is 149 Å². The lowest BCUT2D eigenvalue weighted by atomic mass is 9.79. The number of benzene rings is 5. The standard InChI is InChI=1S/C52H53N5O21S7/c1-51(2)46(56(21-5-23-79(59,60)61)42-15-13-37-39(48(42)51)26-35(82(67,68)69)28-44(37)84(73,74)75)17-9-32(41-25-33(19-20-54-41)50(58)55-30-31-7-11-34(12-8-31)81(53,65)66)10-18-47-52(3,4)49-40-27-36(83(70,71)72)29-45(85(76,77)78)38(40)14-16-43(49)57(47)22-6-24-80(62,63)64/h7-20,25-29H,5-6,21-24,30H2,1-4H3,(H8-,53,55,58,59,60,61,62,63,64,65,66,67,68,69,70,71,72,73,74,75,76,77,78)/p+1. The summed E-state index contributed by atoms with van der Waals surface area (Å²) in [5.74, 6) is -2.14. The molecule has 2 aliphatic heterocycles. The van der Waals surface area contributed by atoms with Gasteiger partial charge in [0.1, 0.15) is 16.3 Å². The number of nitrogens with zero attached hydrogens (tertiary/aromatic N) is 3. The predicted molar refractivity (Wildman–Crippen MR) is 311 cm³/mol. The molecule has 454 valence electrons. The van der Waals surface area contributed by atoms with Gasteiger partial charge >= 0.3 is 0 Å². The summed E-state index contributed by atoms with van der Waals surface area (Å²) in [5.41, 5.74) is -0.409. The Morgan fingerprint density at radius 2 is 1.16 bits per heavy atom. The number of carbonyl (C=O) groups excluding carboxylic acids is 1. The molecule has 1 amide bonds. The molecule has 2 aliphatic rings. The van der Waals surface area contributed by atoms with E-state index in [4.69, 9.17) is 5.14 Å². The van der Waals surface area contributed by atoms with Crippen LogP contribution in [0.3, 0.4) is 0 Å². The minimum Gasteiger partial charge on any atom is -0.348 e. The Kier molecular flexibility index (Phi) is 17.1. The normalized spacial score (nSPS) is 16.4. The number of hydrogen-bond acceptors (Lipinski definition) is 17. The number of aromatic nitrogens is 1. The van der Waals surface area contributed by atoms with E-state index in [0.717, 1.165) is 12.1 Å². The van der Waals surface area contributed by atoms with Gasteiger partial charge in [-0.15, -0.1) is 0 Å². The third-order valence-electron chi connectivity index (χ3n) is 14.4. The highest BCUT2D eigenvalue weighted by molar-refractivity contribution is 7.89. The number of anilines is 1. The van der Waals surface area contributed by atoms with Crippen LogP contribution < -0.4 is 15.4 Å². The second kappa shape index (κ2) is 22.5. The van der Waals surface area contributed by atoms with Crippen molar-refractivity contribution in [2.75, 3.05) is 29.5 Å². The van der Waals surface area contributed by atoms with Crippen molar-refractivity contribution in [1.82, 2.24) is 10.3 Å². The Hall–Kier alpha value is -6.70. The van der Waals surface area contributed by atoms with Gasteiger partial charge in [-0.3, -0.25) is 37.1 Å². The summed E-state index contributed by atoms with van der Waals surface area (Å²) in [6.45, 7) is 6.13. The fourth-order valence-electron chi connectivity index (χ4n) is 10.7. The van der Waals surface area contributed by atoms with E-state index in [0.29, 0.717) is 29.1 Å². The van der Waals surface area contributed by atoms with E-state index >= 15 is 0 Å². The van der Waals surface area contributed by atoms with Gasteiger partial charge in [0, 0.05) is 82.1 Å². The highest BCUT2D eigenvalue weighted by Crippen LogP contribution is 2.52. The van der Waals surface area contributed by atoms with Crippen molar-refractivity contribution in [3.8, 4) is 0 Å². The first-order valence-corrected chi connectivity index (χ1v) is 35.4. The van der Waals surface area contributed by atoms with E-state index in [1.165, 1.54) is 79.0 Å². The molecule has 6 aromatic rings. The fourth-order valence-corrected chi connectivity index (χ4v) is 14.9. The van der Waals surface area contributed by atoms with Crippen molar-refractivity contribution in [2.45, 2.75) is 82.4 Å². The monoisotopic (exact) mass is 1310 g/mol. The van der Waals surface area contributed by atoms with Gasteiger partial charge in [-0.2, -0.15) is 55.1 Å². The molecule has 8 rings (SSSR count). The minimum absolute atomic E-state index is 0.0261. The van der Waals surface area contributed by atoms with Crippen LogP contribution in [0.4, 0.5) is 11.4 Å². The number of rotatable bonds is 20. The van der Waals surface area contributed by atoms with Crippen molar-refractivity contribution in [1.29, 1.82) is 0 Å². The molecule has 5 aromatic carbocycles. The van der Waals surface area contributed by atoms with Gasteiger partial charge in [0.15, 0.2) is 5.71 Å². The van der Waals surface area contributed by atoms with Gasteiger partial charge in [0.05, 0.1) is 37.3 Å². The molecule has 0 bridgehead atoms. The molecule has 0 atom stereocenters. The topological polar surface area (TPSA) is 435 Å². The summed E-state index contributed by atoms with van der Waals surface area (Å²) in [4.78, 5) is 16.4. The number of nitrogens with one attached hydrogen (secondary N) is 1. The summed E-state index contributed by atoms with van der Waals surface area (Å²) in [6.07, 6.45) is 6.92. The smallest absolute Gasteiger partial charge is 0.295 e. The lowest BCUT2D eigenvalue weighted by Gasteiger charge is -2.27. The number of amides is 1. The summed E-state index contributed by atoms with van der Waals surface area (Å²) in [6, 6.07) is 16.7. The van der Waals surface area contributed by atoms with E-state index in [9.17, 15) is 91.0 Å². The second-order valence-corrected chi connectivity index (χ2v) is 31.2. The number of nitrogens with two attached hydrogens (primary N) is 1. The number of fused-ring (bicyclic) bond motifs is 6. The molecule has 0 saturated heterocycles. The van der Waals surface area contributed by atoms with Crippen LogP contribution in [0.1, 0.15) is 73.3 Å². The summed E-state index contributed by atoms with van der Waals surface area (Å²) in [7, 11) is -33.8. The Bertz CT molecular complexity index is 4810. The summed E-state index contributed by atoms with van der Waals surface area (Å²) < 4.78 is 236. The van der Waals surface area contributed by atoms with Crippen LogP contribution in [0.2, 0.25) is 0 Å². The third-order valence-corrected chi connectivity index (χ3v) is 20.4. The zero-order valence-electron chi connectivity index (χ0n) is 45.0. The third kappa shape index (κ3) is 13.8. The Morgan fingerprint density at radius 3 is 1.69 bits per heavy atom. The molecule has 9 N–H and O–H groups in total. The van der Waals surface area contributed by atoms with Crippen LogP contribution in [-0.2, 0) is 88.1 Å². The van der Waals surface area contributed by atoms with Gasteiger partial charge in [0.25, 0.3) is 66.6 Å². The number of pyridine rings is 1. The molecular weight excluding hydrogens is 1260 g/mol. The van der Waals surface area contributed by atoms with Gasteiger partial charge in [-0.25, -0.2) is 13.6 Å². The SMILES string of the molecule is CC1(C)C(=CC=C(C=CC2=[N+](CCCS(=O)(=O)O)c3ccc4c(S(=O)(=O)O)cc(S(=O)(=O)O)cc4c3C2(C)C)c2cc(C(=O)NCc3ccc(S(N)(=O)=O)cc3)ccn2)N(CCCS(=O)(=O)O)c2ccc3c(S(=O)(=O)O)cc(S(=O)(=O)O)cc3c21. The van der Waals surface area contributed by atoms with Crippen LogP contribution in [0.5, 0.6) is 0 Å². The average Bonchev–Trinajstić information content (AvgIpc) is 1.65. The largest absolute Gasteiger partial charge is 0.348 e. The Balaban J connectivity index is 1.36. The zero-order valence-corrected chi connectivity index (χ0v) is 50.7. The molecule has 26 nitrogen and oxygen atoms in total. The highest BCUT2D eigenvalue weighted by atomic mass is 32.2. The Labute approximate surface area is 489 Å². The first-order chi connectivity index (χ1) is 39.0. The molecule has 3 heterocycles. The van der Waals surface area contributed by atoms with Crippen molar-refractivity contribution in [3.63, 3.8) is 0 Å². The molecule has 0 fully saturated rings. The number of primary sulfonamides is 1. The van der Waals surface area contributed by atoms with Gasteiger partial charge in [0.2, 0.25) is 15.7 Å². The maximum atomic E-state index is 13.9. The number of carbonyl (C=O) groups is 1. The van der Waals surface area contributed by atoms with E-state index in [-0.39, 0.29) is 98.2 Å². The second-order valence-electron chi connectivity index (χ2n) is 20.9. The highest BCUT2D eigenvalue weighted by Gasteiger charge is 2.47. The van der Waals surface area contributed by atoms with Crippen molar-refractivity contribution in [2.24, 2.45) is 5.14 Å². The molecule has 0 radical (unpaired) electrons. The van der Waals surface area contributed by atoms with E-state index in [2.05, 4.69) is 10.3 Å². The van der Waals surface area contributed by atoms with Gasteiger partial charge in [-0.1, -0.05) is 38.1 Å². The molecular formula is C52H54N5O21S7+. The van der Waals surface area contributed by atoms with Crippen LogP contribution in [0.15, 0.2) is 146 Å². The maximum absolute atomic E-state index is 13.9. The van der Waals surface area contributed by atoms with Gasteiger partial charge in [-0.05, 0) is 115 Å². The van der Waals surface area contributed by atoms with Gasteiger partial charge < -0.3 is 10.2 Å². The van der Waals surface area contributed by atoms with Crippen molar-refractivity contribution >= 4 is 121 Å². The van der Waals surface area contributed by atoms with E-state index in [1.54, 1.807) is 49.3 Å². The Morgan fingerprint density at radius 1 is 0.624 bits per heavy atom. The van der Waals surface area contributed by atoms with Crippen LogP contribution in [0, 0.1) is 0 Å². The maximum Gasteiger partial charge on any atom is 0.295 e. The quantitative estimate of drug-likeness (QED) is 0.0276. The summed E-state index contributed by atoms with van der Waals surface area (Å²) in [5, 5.41) is 7.48. The van der Waals surface area contributed by atoms with E-state index in [1.807, 2.05) is 0 Å².